The molecule has 1 aromatic carbocycles. The van der Waals surface area contributed by atoms with E-state index in [-0.39, 0.29) is 12.3 Å². The summed E-state index contributed by atoms with van der Waals surface area (Å²) in [6.07, 6.45) is -1.65. The lowest BCUT2D eigenvalue weighted by Gasteiger charge is -2.25. The molecule has 1 saturated heterocycles. The molecule has 7 heteroatoms. The molecule has 4 nitrogen and oxygen atoms in total. The molecule has 0 aliphatic carbocycles. The molecule has 1 aliphatic rings. The molecule has 0 spiro atoms. The topological polar surface area (TPSA) is 41.6 Å². The van der Waals surface area contributed by atoms with Crippen molar-refractivity contribution >= 4 is 11.8 Å². The molecular weight excluding hydrogens is 297 g/mol. The normalized spacial score (nSPS) is 16.3. The third-order valence-corrected chi connectivity index (χ3v) is 3.53. The van der Waals surface area contributed by atoms with Crippen LogP contribution < -0.4 is 5.32 Å². The Bertz CT molecular complexity index is 500. The first-order valence-electron chi connectivity index (χ1n) is 7.28. The molecule has 1 aliphatic heterocycles. The largest absolute Gasteiger partial charge is 0.448 e. The van der Waals surface area contributed by atoms with E-state index >= 15 is 0 Å². The first-order valence-corrected chi connectivity index (χ1v) is 7.28. The summed E-state index contributed by atoms with van der Waals surface area (Å²) < 4.78 is 42.7. The van der Waals surface area contributed by atoms with Crippen molar-refractivity contribution in [3.05, 3.63) is 29.8 Å². The van der Waals surface area contributed by atoms with Gasteiger partial charge in [-0.15, -0.1) is 0 Å². The Labute approximate surface area is 127 Å². The maximum absolute atomic E-state index is 12.6. The number of nitrogens with one attached hydrogen (secondary N) is 1. The van der Waals surface area contributed by atoms with Gasteiger partial charge in [0.25, 0.3) is 0 Å². The molecule has 0 aromatic heterocycles. The van der Waals surface area contributed by atoms with Crippen molar-refractivity contribution < 1.29 is 22.7 Å². The van der Waals surface area contributed by atoms with Crippen LogP contribution in [0.3, 0.4) is 0 Å². The van der Waals surface area contributed by atoms with Crippen LogP contribution in [0.1, 0.15) is 24.8 Å². The predicted molar refractivity (Wildman–Crippen MR) is 76.7 cm³/mol. The highest BCUT2D eigenvalue weighted by Gasteiger charge is 2.30. The highest BCUT2D eigenvalue weighted by atomic mass is 19.4. The highest BCUT2D eigenvalue weighted by molar-refractivity contribution is 5.84. The minimum atomic E-state index is -4.43. The lowest BCUT2D eigenvalue weighted by molar-refractivity contribution is -0.137. The van der Waals surface area contributed by atoms with E-state index in [4.69, 9.17) is 4.74 Å². The zero-order chi connectivity index (χ0) is 16.0. The van der Waals surface area contributed by atoms with Crippen LogP contribution >= 0.6 is 0 Å². The smallest absolute Gasteiger partial charge is 0.416 e. The second-order valence-electron chi connectivity index (χ2n) is 5.24. The van der Waals surface area contributed by atoms with E-state index < -0.39 is 17.8 Å². The van der Waals surface area contributed by atoms with Crippen molar-refractivity contribution in [3.8, 4) is 0 Å². The molecule has 22 heavy (non-hydrogen) atoms. The number of benzene rings is 1. The van der Waals surface area contributed by atoms with E-state index in [0.717, 1.165) is 38.1 Å². The first-order chi connectivity index (χ1) is 10.4. The Morgan fingerprint density at radius 1 is 1.23 bits per heavy atom. The van der Waals surface area contributed by atoms with Crippen LogP contribution in [0.25, 0.3) is 0 Å². The average molecular weight is 316 g/mol. The molecule has 0 radical (unpaired) electrons. The fourth-order valence-electron chi connectivity index (χ4n) is 2.38. The number of hydrogen-bond donors (Lipinski definition) is 1. The fourth-order valence-corrected chi connectivity index (χ4v) is 2.38. The summed E-state index contributed by atoms with van der Waals surface area (Å²) in [5, 5.41) is 2.31. The standard InChI is InChI=1S/C15H19F3N2O2/c16-15(17,18)12-5-4-6-13(11-12)19-14(21)22-10-9-20-7-2-1-3-8-20/h4-6,11H,1-3,7-10H2,(H,19,21). The van der Waals surface area contributed by atoms with Gasteiger partial charge in [-0.25, -0.2) is 4.79 Å². The molecular formula is C15H19F3N2O2. The number of anilines is 1. The quantitative estimate of drug-likeness (QED) is 0.920. The molecule has 0 saturated carbocycles. The average Bonchev–Trinajstić information content (AvgIpc) is 2.48. The molecule has 1 amide bonds. The number of hydrogen-bond acceptors (Lipinski definition) is 3. The lowest BCUT2D eigenvalue weighted by atomic mass is 10.1. The monoisotopic (exact) mass is 316 g/mol. The van der Waals surface area contributed by atoms with Crippen molar-refractivity contribution in [1.29, 1.82) is 0 Å². The molecule has 1 aromatic rings. The molecule has 0 bridgehead atoms. The molecule has 1 fully saturated rings. The van der Waals surface area contributed by atoms with Crippen molar-refractivity contribution in [1.82, 2.24) is 4.90 Å². The first kappa shape index (κ1) is 16.6. The van der Waals surface area contributed by atoms with Gasteiger partial charge in [0.15, 0.2) is 0 Å². The molecule has 0 atom stereocenters. The molecule has 1 heterocycles. The Kier molecular flexibility index (Phi) is 5.65. The van der Waals surface area contributed by atoms with Gasteiger partial charge in [-0.05, 0) is 44.1 Å². The third-order valence-electron chi connectivity index (χ3n) is 3.53. The predicted octanol–water partition coefficient (Wildman–Crippen LogP) is 3.74. The van der Waals surface area contributed by atoms with Gasteiger partial charge >= 0.3 is 12.3 Å². The second kappa shape index (κ2) is 7.49. The van der Waals surface area contributed by atoms with E-state index in [1.807, 2.05) is 0 Å². The minimum absolute atomic E-state index is 0.0674. The van der Waals surface area contributed by atoms with Crippen LogP contribution in [0.2, 0.25) is 0 Å². The number of carbonyl (C=O) groups excluding carboxylic acids is 1. The Morgan fingerprint density at radius 3 is 2.64 bits per heavy atom. The van der Waals surface area contributed by atoms with Gasteiger partial charge in [-0.2, -0.15) is 13.2 Å². The van der Waals surface area contributed by atoms with Crippen LogP contribution in [-0.4, -0.2) is 37.2 Å². The maximum Gasteiger partial charge on any atom is 0.416 e. The number of amides is 1. The van der Waals surface area contributed by atoms with E-state index in [1.54, 1.807) is 0 Å². The fraction of sp³-hybridized carbons (Fsp3) is 0.533. The summed E-state index contributed by atoms with van der Waals surface area (Å²) in [7, 11) is 0. The van der Waals surface area contributed by atoms with E-state index in [2.05, 4.69) is 10.2 Å². The van der Waals surface area contributed by atoms with Crippen molar-refractivity contribution in [2.45, 2.75) is 25.4 Å². The molecule has 1 N–H and O–H groups in total. The van der Waals surface area contributed by atoms with Gasteiger partial charge in [0.05, 0.1) is 5.56 Å². The number of ether oxygens (including phenoxy) is 1. The third kappa shape index (κ3) is 5.22. The van der Waals surface area contributed by atoms with Gasteiger partial charge < -0.3 is 4.74 Å². The van der Waals surface area contributed by atoms with E-state index in [1.165, 1.54) is 18.6 Å². The van der Waals surface area contributed by atoms with Gasteiger partial charge in [-0.1, -0.05) is 12.5 Å². The Hall–Kier alpha value is -1.76. The number of piperidine rings is 1. The number of alkyl halides is 3. The Balaban J connectivity index is 1.77. The van der Waals surface area contributed by atoms with E-state index in [9.17, 15) is 18.0 Å². The van der Waals surface area contributed by atoms with E-state index in [0.29, 0.717) is 6.54 Å². The van der Waals surface area contributed by atoms with Crippen LogP contribution in [0.15, 0.2) is 24.3 Å². The van der Waals surface area contributed by atoms with Crippen LogP contribution in [0.4, 0.5) is 23.7 Å². The van der Waals surface area contributed by atoms with Crippen LogP contribution in [0, 0.1) is 0 Å². The summed E-state index contributed by atoms with van der Waals surface area (Å²) in [6.45, 7) is 2.87. The molecule has 0 unspecified atom stereocenters. The van der Waals surface area contributed by atoms with Gasteiger partial charge in [0.1, 0.15) is 6.61 Å². The lowest BCUT2D eigenvalue weighted by Crippen LogP contribution is -2.33. The van der Waals surface area contributed by atoms with Crippen molar-refractivity contribution in [3.63, 3.8) is 0 Å². The van der Waals surface area contributed by atoms with Gasteiger partial charge in [-0.3, -0.25) is 10.2 Å². The SMILES string of the molecule is O=C(Nc1cccc(C(F)(F)F)c1)OCCN1CCCCC1. The summed E-state index contributed by atoms with van der Waals surface area (Å²) >= 11 is 0. The molecule has 122 valence electrons. The van der Waals surface area contributed by atoms with Crippen LogP contribution in [-0.2, 0) is 10.9 Å². The second-order valence-corrected chi connectivity index (χ2v) is 5.24. The summed E-state index contributed by atoms with van der Waals surface area (Å²) in [5.74, 6) is 0. The van der Waals surface area contributed by atoms with Crippen molar-refractivity contribution in [2.75, 3.05) is 31.6 Å². The number of carbonyl (C=O) groups is 1. The highest BCUT2D eigenvalue weighted by Crippen LogP contribution is 2.30. The number of likely N-dealkylation sites (tertiary alicyclic amines) is 1. The summed E-state index contributed by atoms with van der Waals surface area (Å²) in [5.41, 5.74) is -0.739. The van der Waals surface area contributed by atoms with Gasteiger partial charge in [0, 0.05) is 12.2 Å². The summed E-state index contributed by atoms with van der Waals surface area (Å²) in [4.78, 5) is 13.8. The summed E-state index contributed by atoms with van der Waals surface area (Å²) in [6, 6.07) is 4.46. The van der Waals surface area contributed by atoms with Gasteiger partial charge in [0.2, 0.25) is 0 Å². The molecule has 2 rings (SSSR count). The number of halogens is 3. The van der Waals surface area contributed by atoms with Crippen LogP contribution in [0.5, 0.6) is 0 Å². The minimum Gasteiger partial charge on any atom is -0.448 e. The zero-order valence-electron chi connectivity index (χ0n) is 12.2. The Morgan fingerprint density at radius 2 is 1.95 bits per heavy atom. The maximum atomic E-state index is 12.6. The number of nitrogens with zero attached hydrogens (tertiary/aromatic N) is 1. The van der Waals surface area contributed by atoms with Crippen molar-refractivity contribution in [2.24, 2.45) is 0 Å². The zero-order valence-corrected chi connectivity index (χ0v) is 12.2. The number of rotatable bonds is 4.